The van der Waals surface area contributed by atoms with Gasteiger partial charge in [-0.25, -0.2) is 9.18 Å². The van der Waals surface area contributed by atoms with E-state index in [-0.39, 0.29) is 11.8 Å². The quantitative estimate of drug-likeness (QED) is 0.861. The molecule has 0 atom stereocenters. The second kappa shape index (κ2) is 8.17. The molecule has 0 aliphatic carbocycles. The van der Waals surface area contributed by atoms with Crippen molar-refractivity contribution >= 4 is 11.7 Å². The van der Waals surface area contributed by atoms with E-state index in [4.69, 9.17) is 0 Å². The van der Waals surface area contributed by atoms with E-state index in [1.165, 1.54) is 6.07 Å². The molecule has 0 aliphatic heterocycles. The number of hydrogen-bond donors (Lipinski definition) is 2. The monoisotopic (exact) mass is 315 g/mol. The number of halogens is 1. The van der Waals surface area contributed by atoms with Crippen LogP contribution in [0, 0.1) is 5.82 Å². The van der Waals surface area contributed by atoms with Gasteiger partial charge in [-0.2, -0.15) is 0 Å². The van der Waals surface area contributed by atoms with Crippen molar-refractivity contribution in [2.24, 2.45) is 0 Å². The number of rotatable bonds is 6. The van der Waals surface area contributed by atoms with Gasteiger partial charge in [0.2, 0.25) is 0 Å². The third kappa shape index (κ3) is 5.29. The summed E-state index contributed by atoms with van der Waals surface area (Å²) in [5.41, 5.74) is 2.75. The van der Waals surface area contributed by atoms with E-state index >= 15 is 0 Å². The van der Waals surface area contributed by atoms with Crippen LogP contribution < -0.4 is 15.5 Å². The van der Waals surface area contributed by atoms with Crippen molar-refractivity contribution in [2.75, 3.05) is 25.5 Å². The normalized spacial score (nSPS) is 10.2. The summed E-state index contributed by atoms with van der Waals surface area (Å²) in [5.74, 6) is -0.240. The third-order valence-corrected chi connectivity index (χ3v) is 3.54. The van der Waals surface area contributed by atoms with E-state index in [9.17, 15) is 9.18 Å². The summed E-state index contributed by atoms with van der Waals surface area (Å²) in [6, 6.07) is 14.3. The molecule has 0 bridgehead atoms. The zero-order valence-electron chi connectivity index (χ0n) is 13.5. The SMILES string of the molecule is CN(C)c1ccc(CNC(=O)NCCc2ccccc2F)cc1. The van der Waals surface area contributed by atoms with Crippen LogP contribution in [0.1, 0.15) is 11.1 Å². The molecule has 2 aromatic carbocycles. The van der Waals surface area contributed by atoms with Crippen molar-refractivity contribution in [3.63, 3.8) is 0 Å². The molecular weight excluding hydrogens is 293 g/mol. The maximum atomic E-state index is 13.4. The average molecular weight is 315 g/mol. The second-order valence-electron chi connectivity index (χ2n) is 5.51. The third-order valence-electron chi connectivity index (χ3n) is 3.54. The van der Waals surface area contributed by atoms with E-state index in [1.807, 2.05) is 43.3 Å². The van der Waals surface area contributed by atoms with Crippen LogP contribution in [-0.4, -0.2) is 26.7 Å². The number of urea groups is 1. The van der Waals surface area contributed by atoms with Crippen LogP contribution in [0.3, 0.4) is 0 Å². The summed E-state index contributed by atoms with van der Waals surface area (Å²) < 4.78 is 13.4. The Balaban J connectivity index is 1.72. The molecule has 0 unspecified atom stereocenters. The predicted molar refractivity (Wildman–Crippen MR) is 91.1 cm³/mol. The van der Waals surface area contributed by atoms with Crippen molar-refractivity contribution in [1.29, 1.82) is 0 Å². The smallest absolute Gasteiger partial charge is 0.315 e. The molecule has 0 spiro atoms. The molecule has 2 aromatic rings. The molecule has 122 valence electrons. The van der Waals surface area contributed by atoms with E-state index < -0.39 is 0 Å². The Kier molecular flexibility index (Phi) is 5.97. The summed E-state index contributed by atoms with van der Waals surface area (Å²) in [6.45, 7) is 0.853. The first-order valence-corrected chi connectivity index (χ1v) is 7.57. The van der Waals surface area contributed by atoms with Gasteiger partial charge in [0.1, 0.15) is 5.82 Å². The number of carbonyl (C=O) groups is 1. The lowest BCUT2D eigenvalue weighted by molar-refractivity contribution is 0.240. The highest BCUT2D eigenvalue weighted by atomic mass is 19.1. The molecule has 0 saturated heterocycles. The summed E-state index contributed by atoms with van der Waals surface area (Å²) in [4.78, 5) is 13.8. The first-order valence-electron chi connectivity index (χ1n) is 7.57. The number of nitrogens with one attached hydrogen (secondary N) is 2. The minimum absolute atomic E-state index is 0.240. The van der Waals surface area contributed by atoms with Crippen LogP contribution in [0.2, 0.25) is 0 Å². The lowest BCUT2D eigenvalue weighted by Crippen LogP contribution is -2.36. The molecule has 0 saturated carbocycles. The standard InChI is InChI=1S/C18H22FN3O/c1-22(2)16-9-7-14(8-10-16)13-21-18(23)20-12-11-15-5-3-4-6-17(15)19/h3-10H,11-13H2,1-2H3,(H2,20,21,23). The second-order valence-corrected chi connectivity index (χ2v) is 5.51. The number of carbonyl (C=O) groups excluding carboxylic acids is 1. The van der Waals surface area contributed by atoms with Gasteiger partial charge in [-0.05, 0) is 35.7 Å². The van der Waals surface area contributed by atoms with Gasteiger partial charge < -0.3 is 15.5 Å². The van der Waals surface area contributed by atoms with Crippen LogP contribution >= 0.6 is 0 Å². The fourth-order valence-electron chi connectivity index (χ4n) is 2.17. The maximum absolute atomic E-state index is 13.4. The van der Waals surface area contributed by atoms with Crippen LogP contribution in [0.15, 0.2) is 48.5 Å². The zero-order valence-corrected chi connectivity index (χ0v) is 13.5. The maximum Gasteiger partial charge on any atom is 0.315 e. The predicted octanol–water partition coefficient (Wildman–Crippen LogP) is 2.93. The van der Waals surface area contributed by atoms with Gasteiger partial charge in [0.15, 0.2) is 0 Å². The first-order chi connectivity index (χ1) is 11.1. The number of amides is 2. The number of anilines is 1. The van der Waals surface area contributed by atoms with Crippen LogP contribution in [0.4, 0.5) is 14.9 Å². The molecule has 2 rings (SSSR count). The average Bonchev–Trinajstić information content (AvgIpc) is 2.55. The fraction of sp³-hybridized carbons (Fsp3) is 0.278. The fourth-order valence-corrected chi connectivity index (χ4v) is 2.17. The highest BCUT2D eigenvalue weighted by Gasteiger charge is 2.03. The number of benzene rings is 2. The Bertz CT molecular complexity index is 641. The zero-order chi connectivity index (χ0) is 16.7. The van der Waals surface area contributed by atoms with E-state index in [1.54, 1.807) is 18.2 Å². The molecule has 2 N–H and O–H groups in total. The Labute approximate surface area is 136 Å². The largest absolute Gasteiger partial charge is 0.378 e. The van der Waals surface area contributed by atoms with Gasteiger partial charge >= 0.3 is 6.03 Å². The topological polar surface area (TPSA) is 44.4 Å². The Hall–Kier alpha value is -2.56. The molecule has 0 aliphatic rings. The molecule has 0 fully saturated rings. The summed E-state index contributed by atoms with van der Waals surface area (Å²) in [5, 5.41) is 5.52. The van der Waals surface area contributed by atoms with Crippen LogP contribution in [0.5, 0.6) is 0 Å². The van der Waals surface area contributed by atoms with Gasteiger partial charge in [0, 0.05) is 32.9 Å². The van der Waals surface area contributed by atoms with Gasteiger partial charge in [0.25, 0.3) is 0 Å². The van der Waals surface area contributed by atoms with E-state index in [0.29, 0.717) is 25.1 Å². The molecule has 2 amide bonds. The van der Waals surface area contributed by atoms with Crippen molar-refractivity contribution in [3.05, 3.63) is 65.5 Å². The van der Waals surface area contributed by atoms with E-state index in [0.717, 1.165) is 11.3 Å². The number of hydrogen-bond acceptors (Lipinski definition) is 2. The lowest BCUT2D eigenvalue weighted by atomic mass is 10.1. The summed E-state index contributed by atoms with van der Waals surface area (Å²) in [7, 11) is 3.96. The molecule has 5 heteroatoms. The highest BCUT2D eigenvalue weighted by Crippen LogP contribution is 2.11. The van der Waals surface area contributed by atoms with Crippen molar-refractivity contribution in [3.8, 4) is 0 Å². The first kappa shape index (κ1) is 16.8. The van der Waals surface area contributed by atoms with Gasteiger partial charge in [-0.15, -0.1) is 0 Å². The van der Waals surface area contributed by atoms with Crippen LogP contribution in [-0.2, 0) is 13.0 Å². The van der Waals surface area contributed by atoms with E-state index in [2.05, 4.69) is 10.6 Å². The lowest BCUT2D eigenvalue weighted by Gasteiger charge is -2.13. The van der Waals surface area contributed by atoms with Gasteiger partial charge in [-0.1, -0.05) is 30.3 Å². The van der Waals surface area contributed by atoms with Gasteiger partial charge in [0.05, 0.1) is 0 Å². The molecule has 0 heterocycles. The Morgan fingerprint density at radius 2 is 1.74 bits per heavy atom. The van der Waals surface area contributed by atoms with Crippen molar-refractivity contribution < 1.29 is 9.18 Å². The Morgan fingerprint density at radius 3 is 2.39 bits per heavy atom. The van der Waals surface area contributed by atoms with Crippen molar-refractivity contribution in [1.82, 2.24) is 10.6 Å². The highest BCUT2D eigenvalue weighted by molar-refractivity contribution is 5.73. The van der Waals surface area contributed by atoms with Crippen molar-refractivity contribution in [2.45, 2.75) is 13.0 Å². The minimum atomic E-state index is -0.252. The number of nitrogens with zero attached hydrogens (tertiary/aromatic N) is 1. The molecule has 0 aromatic heterocycles. The minimum Gasteiger partial charge on any atom is -0.378 e. The molecule has 4 nitrogen and oxygen atoms in total. The van der Waals surface area contributed by atoms with Crippen LogP contribution in [0.25, 0.3) is 0 Å². The van der Waals surface area contributed by atoms with Gasteiger partial charge in [-0.3, -0.25) is 0 Å². The Morgan fingerprint density at radius 1 is 1.04 bits per heavy atom. The molecule has 23 heavy (non-hydrogen) atoms. The molecular formula is C18H22FN3O. The molecule has 0 radical (unpaired) electrons. The summed E-state index contributed by atoms with van der Waals surface area (Å²) >= 11 is 0. The summed E-state index contributed by atoms with van der Waals surface area (Å²) in [6.07, 6.45) is 0.470.